The molecule has 2 aromatic carbocycles. The Bertz CT molecular complexity index is 491. The Morgan fingerprint density at radius 2 is 1.71 bits per heavy atom. The van der Waals surface area contributed by atoms with Crippen molar-refractivity contribution in [1.82, 2.24) is 0 Å². The van der Waals surface area contributed by atoms with E-state index in [0.717, 1.165) is 11.1 Å². The van der Waals surface area contributed by atoms with Crippen LogP contribution in [0.5, 0.6) is 0 Å². The minimum Gasteiger partial charge on any atom is -0.384 e. The van der Waals surface area contributed by atoms with Gasteiger partial charge in [0.25, 0.3) is 0 Å². The molecule has 0 aliphatic heterocycles. The van der Waals surface area contributed by atoms with Gasteiger partial charge >= 0.3 is 0 Å². The second kappa shape index (κ2) is 5.39. The summed E-state index contributed by atoms with van der Waals surface area (Å²) in [6, 6.07) is 16.0. The van der Waals surface area contributed by atoms with Crippen LogP contribution in [-0.2, 0) is 0 Å². The van der Waals surface area contributed by atoms with Gasteiger partial charge in [0, 0.05) is 4.90 Å². The number of aliphatic hydroxyl groups is 1. The van der Waals surface area contributed by atoms with Crippen molar-refractivity contribution in [2.24, 2.45) is 0 Å². The molecule has 2 aromatic rings. The highest BCUT2D eigenvalue weighted by Gasteiger charge is 2.09. The summed E-state index contributed by atoms with van der Waals surface area (Å²) in [5.41, 5.74) is 3.05. The third-order valence-electron chi connectivity index (χ3n) is 2.79. The van der Waals surface area contributed by atoms with Gasteiger partial charge in [-0.15, -0.1) is 11.8 Å². The summed E-state index contributed by atoms with van der Waals surface area (Å²) in [4.78, 5) is 1.21. The van der Waals surface area contributed by atoms with Crippen LogP contribution in [0.2, 0.25) is 0 Å². The van der Waals surface area contributed by atoms with Gasteiger partial charge in [-0.2, -0.15) is 0 Å². The standard InChI is InChI=1S/C15H16OS/c1-11-4-3-5-13(10-11)15(16)12-6-8-14(17-2)9-7-12/h3-10,15-16H,1-2H3/t15-/m1/s1. The molecule has 0 bridgehead atoms. The van der Waals surface area contributed by atoms with Crippen LogP contribution in [0.4, 0.5) is 0 Å². The Labute approximate surface area is 107 Å². The summed E-state index contributed by atoms with van der Waals surface area (Å²) in [7, 11) is 0. The average Bonchev–Trinajstić information content (AvgIpc) is 2.38. The number of aryl methyl sites for hydroxylation is 1. The van der Waals surface area contributed by atoms with Crippen molar-refractivity contribution in [1.29, 1.82) is 0 Å². The van der Waals surface area contributed by atoms with E-state index in [1.54, 1.807) is 11.8 Å². The molecular formula is C15H16OS. The maximum atomic E-state index is 10.3. The molecule has 0 spiro atoms. The second-order valence-electron chi connectivity index (χ2n) is 4.09. The Morgan fingerprint density at radius 3 is 2.29 bits per heavy atom. The maximum Gasteiger partial charge on any atom is 0.104 e. The molecule has 2 rings (SSSR count). The van der Waals surface area contributed by atoms with E-state index < -0.39 is 6.10 Å². The van der Waals surface area contributed by atoms with E-state index in [-0.39, 0.29) is 0 Å². The zero-order valence-electron chi connectivity index (χ0n) is 10.1. The van der Waals surface area contributed by atoms with Crippen LogP contribution < -0.4 is 0 Å². The first-order valence-corrected chi connectivity index (χ1v) is 6.82. The van der Waals surface area contributed by atoms with Gasteiger partial charge in [-0.05, 0) is 36.4 Å². The fourth-order valence-corrected chi connectivity index (χ4v) is 2.23. The molecule has 88 valence electrons. The molecule has 0 saturated carbocycles. The zero-order chi connectivity index (χ0) is 12.3. The molecule has 0 aliphatic rings. The number of benzene rings is 2. The lowest BCUT2D eigenvalue weighted by atomic mass is 10.0. The van der Waals surface area contributed by atoms with Crippen LogP contribution in [-0.4, -0.2) is 11.4 Å². The summed E-state index contributed by atoms with van der Waals surface area (Å²) < 4.78 is 0. The van der Waals surface area contributed by atoms with E-state index in [0.29, 0.717) is 0 Å². The first kappa shape index (κ1) is 12.2. The lowest BCUT2D eigenvalue weighted by Gasteiger charge is -2.12. The van der Waals surface area contributed by atoms with Crippen molar-refractivity contribution in [3.63, 3.8) is 0 Å². The minimum absolute atomic E-state index is 0.536. The van der Waals surface area contributed by atoms with Crippen LogP contribution in [0.3, 0.4) is 0 Å². The number of thioether (sulfide) groups is 1. The molecule has 0 saturated heterocycles. The summed E-state index contributed by atoms with van der Waals surface area (Å²) in [6.07, 6.45) is 1.51. The number of hydrogen-bond acceptors (Lipinski definition) is 2. The SMILES string of the molecule is CSc1ccc([C@@H](O)c2cccc(C)c2)cc1. The molecule has 0 aromatic heterocycles. The van der Waals surface area contributed by atoms with Gasteiger partial charge < -0.3 is 5.11 Å². The minimum atomic E-state index is -0.536. The predicted molar refractivity (Wildman–Crippen MR) is 73.5 cm³/mol. The highest BCUT2D eigenvalue weighted by Crippen LogP contribution is 2.24. The average molecular weight is 244 g/mol. The van der Waals surface area contributed by atoms with Crippen molar-refractivity contribution in [2.75, 3.05) is 6.26 Å². The van der Waals surface area contributed by atoms with Crippen molar-refractivity contribution < 1.29 is 5.11 Å². The Kier molecular flexibility index (Phi) is 3.87. The van der Waals surface area contributed by atoms with E-state index in [1.807, 2.05) is 61.7 Å². The second-order valence-corrected chi connectivity index (χ2v) is 4.97. The quantitative estimate of drug-likeness (QED) is 0.829. The topological polar surface area (TPSA) is 20.2 Å². The first-order chi connectivity index (χ1) is 8.20. The lowest BCUT2D eigenvalue weighted by molar-refractivity contribution is 0.220. The number of rotatable bonds is 3. The zero-order valence-corrected chi connectivity index (χ0v) is 10.9. The summed E-state index contributed by atoms with van der Waals surface area (Å²) >= 11 is 1.71. The molecule has 0 aliphatic carbocycles. The molecule has 0 amide bonds. The molecule has 1 N–H and O–H groups in total. The fraction of sp³-hybridized carbons (Fsp3) is 0.200. The fourth-order valence-electron chi connectivity index (χ4n) is 1.82. The number of hydrogen-bond donors (Lipinski definition) is 1. The van der Waals surface area contributed by atoms with Gasteiger partial charge in [0.15, 0.2) is 0 Å². The Hall–Kier alpha value is -1.25. The van der Waals surface area contributed by atoms with Gasteiger partial charge in [-0.1, -0.05) is 42.0 Å². The molecule has 0 radical (unpaired) electrons. The van der Waals surface area contributed by atoms with Gasteiger partial charge in [0.2, 0.25) is 0 Å². The van der Waals surface area contributed by atoms with Crippen LogP contribution in [0, 0.1) is 6.92 Å². The predicted octanol–water partition coefficient (Wildman–Crippen LogP) is 3.80. The van der Waals surface area contributed by atoms with Crippen molar-refractivity contribution >= 4 is 11.8 Å². The van der Waals surface area contributed by atoms with Crippen LogP contribution in [0.1, 0.15) is 22.8 Å². The Morgan fingerprint density at radius 1 is 1.00 bits per heavy atom. The molecule has 17 heavy (non-hydrogen) atoms. The molecule has 0 fully saturated rings. The third kappa shape index (κ3) is 2.90. The maximum absolute atomic E-state index is 10.3. The summed E-state index contributed by atoms with van der Waals surface area (Å²) in [6.45, 7) is 2.03. The third-order valence-corrected chi connectivity index (χ3v) is 3.53. The molecule has 0 unspecified atom stereocenters. The monoisotopic (exact) mass is 244 g/mol. The van der Waals surface area contributed by atoms with E-state index in [4.69, 9.17) is 0 Å². The molecule has 0 heterocycles. The Balaban J connectivity index is 2.27. The molecule has 1 atom stereocenters. The van der Waals surface area contributed by atoms with Gasteiger partial charge in [0.05, 0.1) is 0 Å². The van der Waals surface area contributed by atoms with Crippen molar-refractivity contribution in [3.05, 3.63) is 65.2 Å². The van der Waals surface area contributed by atoms with E-state index >= 15 is 0 Å². The molecular weight excluding hydrogens is 228 g/mol. The molecule has 1 nitrogen and oxygen atoms in total. The first-order valence-electron chi connectivity index (χ1n) is 5.59. The summed E-state index contributed by atoms with van der Waals surface area (Å²) in [5.74, 6) is 0. The largest absolute Gasteiger partial charge is 0.384 e. The van der Waals surface area contributed by atoms with E-state index in [2.05, 4.69) is 0 Å². The smallest absolute Gasteiger partial charge is 0.104 e. The van der Waals surface area contributed by atoms with E-state index in [9.17, 15) is 5.11 Å². The van der Waals surface area contributed by atoms with E-state index in [1.165, 1.54) is 10.5 Å². The lowest BCUT2D eigenvalue weighted by Crippen LogP contribution is -1.99. The number of aliphatic hydroxyl groups excluding tert-OH is 1. The van der Waals surface area contributed by atoms with Crippen LogP contribution in [0.15, 0.2) is 53.4 Å². The van der Waals surface area contributed by atoms with Crippen molar-refractivity contribution in [2.45, 2.75) is 17.9 Å². The van der Waals surface area contributed by atoms with Gasteiger partial charge in [-0.25, -0.2) is 0 Å². The van der Waals surface area contributed by atoms with Crippen LogP contribution >= 0.6 is 11.8 Å². The molecule has 2 heteroatoms. The highest BCUT2D eigenvalue weighted by molar-refractivity contribution is 7.98. The van der Waals surface area contributed by atoms with Crippen LogP contribution in [0.25, 0.3) is 0 Å². The van der Waals surface area contributed by atoms with Gasteiger partial charge in [0.1, 0.15) is 6.10 Å². The van der Waals surface area contributed by atoms with Gasteiger partial charge in [-0.3, -0.25) is 0 Å². The summed E-state index contributed by atoms with van der Waals surface area (Å²) in [5, 5.41) is 10.3. The van der Waals surface area contributed by atoms with Crippen molar-refractivity contribution in [3.8, 4) is 0 Å². The normalized spacial score (nSPS) is 12.4. The highest BCUT2D eigenvalue weighted by atomic mass is 32.2.